The summed E-state index contributed by atoms with van der Waals surface area (Å²) >= 11 is 0. The van der Waals surface area contributed by atoms with Crippen LogP contribution in [0.4, 0.5) is 48.7 Å². The number of nitrogens with zero attached hydrogens (tertiary/aromatic N) is 1. The number of rotatable bonds is 6. The molecule has 1 unspecified atom stereocenters. The predicted molar refractivity (Wildman–Crippen MR) is 155 cm³/mol. The molecule has 15 heteroatoms. The highest BCUT2D eigenvalue weighted by Gasteiger charge is 2.48. The van der Waals surface area contributed by atoms with Crippen LogP contribution in [-0.2, 0) is 22.2 Å². The van der Waals surface area contributed by atoms with E-state index in [0.29, 0.717) is 11.6 Å². The summed E-state index contributed by atoms with van der Waals surface area (Å²) in [6.45, 7) is 0.727. The van der Waals surface area contributed by atoms with Crippen molar-refractivity contribution in [3.05, 3.63) is 106 Å². The molecule has 5 rings (SSSR count). The Kier molecular flexibility index (Phi) is 9.34. The summed E-state index contributed by atoms with van der Waals surface area (Å²) in [7, 11) is 1.18. The molecule has 1 fully saturated rings. The number of hydrogen-bond acceptors (Lipinski definition) is 4. The minimum absolute atomic E-state index is 0.00489. The zero-order valence-electron chi connectivity index (χ0n) is 25.4. The molecule has 1 saturated heterocycles. The highest BCUT2D eigenvalue weighted by Crippen LogP contribution is 2.44. The van der Waals surface area contributed by atoms with Crippen molar-refractivity contribution in [1.82, 2.24) is 4.90 Å². The van der Waals surface area contributed by atoms with Crippen molar-refractivity contribution < 1.29 is 63.0 Å². The van der Waals surface area contributed by atoms with Gasteiger partial charge in [-0.1, -0.05) is 30.3 Å². The van der Waals surface area contributed by atoms with E-state index in [-0.39, 0.29) is 33.9 Å². The van der Waals surface area contributed by atoms with E-state index < -0.39 is 84.1 Å². The quantitative estimate of drug-likeness (QED) is 0.190. The van der Waals surface area contributed by atoms with Crippen LogP contribution in [0.25, 0.3) is 22.3 Å². The van der Waals surface area contributed by atoms with Gasteiger partial charge < -0.3 is 9.47 Å². The van der Waals surface area contributed by atoms with Gasteiger partial charge >= 0.3 is 30.6 Å². The molecule has 0 saturated carbocycles. The number of alkyl halides is 9. The molecule has 1 amide bonds. The number of carbonyl (C=O) groups excluding carboxylic acids is 2. The van der Waals surface area contributed by atoms with E-state index in [1.54, 1.807) is 0 Å². The number of halogens is 10. The van der Waals surface area contributed by atoms with Gasteiger partial charge in [0.2, 0.25) is 0 Å². The Morgan fingerprint density at radius 1 is 0.857 bits per heavy atom. The SMILES string of the molecule is COC(=O)c1ccc(-c2cc(-c3ccc(C(F)(F)F)cc3CN3C(=O)O[C@H](C4C=C(C(F)(F)F)C=C(C(F)(F)F)C4)[C@@H]3C)ccc2F)cc1. The molecule has 0 radical (unpaired) electrons. The first-order chi connectivity index (χ1) is 22.8. The molecule has 0 bridgehead atoms. The molecule has 1 heterocycles. The molecule has 3 atom stereocenters. The first-order valence-electron chi connectivity index (χ1n) is 14.5. The van der Waals surface area contributed by atoms with Crippen molar-refractivity contribution >= 4 is 12.1 Å². The number of carbonyl (C=O) groups is 2. The summed E-state index contributed by atoms with van der Waals surface area (Å²) in [6, 6.07) is 10.8. The second-order valence-electron chi connectivity index (χ2n) is 11.5. The standard InChI is InChI=1S/C34H25F10NO4/c1-17-29(21-11-24(33(39,40)41)15-25(12-21)34(42,43)44)49-31(47)45(17)16-22-13-23(32(36,37)38)8-9-26(22)20-7-10-28(35)27(14-20)18-3-5-19(6-4-18)30(46)48-2/h3-11,13-15,17,21,29H,12,16H2,1-2H3/t17-,21?,29-/m0/s1. The van der Waals surface area contributed by atoms with Crippen molar-refractivity contribution in [2.75, 3.05) is 7.11 Å². The number of allylic oxidation sites excluding steroid dienone is 3. The fraction of sp³-hybridized carbons (Fsp3) is 0.294. The first-order valence-corrected chi connectivity index (χ1v) is 14.5. The first kappa shape index (κ1) is 35.5. The molecule has 0 N–H and O–H groups in total. The van der Waals surface area contributed by atoms with Crippen molar-refractivity contribution in [1.29, 1.82) is 0 Å². The van der Waals surface area contributed by atoms with E-state index in [9.17, 15) is 49.1 Å². The van der Waals surface area contributed by atoms with Crippen molar-refractivity contribution in [3.8, 4) is 22.3 Å². The van der Waals surface area contributed by atoms with Gasteiger partial charge in [-0.2, -0.15) is 39.5 Å². The third-order valence-electron chi connectivity index (χ3n) is 8.40. The minimum Gasteiger partial charge on any atom is -0.465 e. The summed E-state index contributed by atoms with van der Waals surface area (Å²) in [5.74, 6) is -2.88. The average molecular weight is 702 g/mol. The molecule has 3 aromatic rings. The van der Waals surface area contributed by atoms with Crippen molar-refractivity contribution in [2.45, 2.75) is 50.6 Å². The summed E-state index contributed by atoms with van der Waals surface area (Å²) in [4.78, 5) is 25.8. The Hall–Kier alpha value is -4.82. The van der Waals surface area contributed by atoms with Gasteiger partial charge in [-0.15, -0.1) is 0 Å². The van der Waals surface area contributed by atoms with Crippen LogP contribution >= 0.6 is 0 Å². The van der Waals surface area contributed by atoms with Crippen LogP contribution in [0.3, 0.4) is 0 Å². The number of cyclic esters (lactones) is 1. The number of amides is 1. The number of methoxy groups -OCH3 is 1. The number of ether oxygens (including phenoxy) is 2. The lowest BCUT2D eigenvalue weighted by Gasteiger charge is -2.30. The predicted octanol–water partition coefficient (Wildman–Crippen LogP) is 9.67. The van der Waals surface area contributed by atoms with Gasteiger partial charge in [0.15, 0.2) is 0 Å². The number of benzene rings is 3. The molecule has 49 heavy (non-hydrogen) atoms. The van der Waals surface area contributed by atoms with Crippen LogP contribution in [0.1, 0.15) is 34.8 Å². The Balaban J connectivity index is 1.51. The highest BCUT2D eigenvalue weighted by atomic mass is 19.4. The third-order valence-corrected chi connectivity index (χ3v) is 8.40. The number of esters is 1. The molecule has 3 aromatic carbocycles. The Morgan fingerprint density at radius 3 is 2.10 bits per heavy atom. The van der Waals surface area contributed by atoms with Gasteiger partial charge in [0.25, 0.3) is 0 Å². The molecular weight excluding hydrogens is 676 g/mol. The molecule has 5 nitrogen and oxygen atoms in total. The maximum Gasteiger partial charge on any atom is 0.416 e. The lowest BCUT2D eigenvalue weighted by Crippen LogP contribution is -2.38. The largest absolute Gasteiger partial charge is 0.465 e. The molecule has 260 valence electrons. The third kappa shape index (κ3) is 7.44. The molecule has 1 aliphatic heterocycles. The van der Waals surface area contributed by atoms with E-state index in [2.05, 4.69) is 4.74 Å². The van der Waals surface area contributed by atoms with Gasteiger partial charge in [-0.05, 0) is 78.1 Å². The van der Waals surface area contributed by atoms with Gasteiger partial charge in [0.1, 0.15) is 11.9 Å². The van der Waals surface area contributed by atoms with Crippen LogP contribution < -0.4 is 0 Å². The Bertz CT molecular complexity index is 1820. The topological polar surface area (TPSA) is 55.8 Å². The average Bonchev–Trinajstić information content (AvgIpc) is 3.31. The maximum atomic E-state index is 15.0. The minimum atomic E-state index is -5.13. The van der Waals surface area contributed by atoms with Crippen molar-refractivity contribution in [3.63, 3.8) is 0 Å². The monoisotopic (exact) mass is 701 g/mol. The van der Waals surface area contributed by atoms with E-state index in [1.807, 2.05) is 0 Å². The van der Waals surface area contributed by atoms with E-state index >= 15 is 4.39 Å². The van der Waals surface area contributed by atoms with Crippen LogP contribution in [0.5, 0.6) is 0 Å². The summed E-state index contributed by atoms with van der Waals surface area (Å²) < 4.78 is 148. The Labute approximate surface area is 272 Å². The molecular formula is C34H25F10NO4. The maximum absolute atomic E-state index is 15.0. The summed E-state index contributed by atoms with van der Waals surface area (Å²) in [6.07, 6.45) is -18.1. The van der Waals surface area contributed by atoms with Crippen molar-refractivity contribution in [2.24, 2.45) is 5.92 Å². The van der Waals surface area contributed by atoms with Crippen LogP contribution in [0, 0.1) is 11.7 Å². The fourth-order valence-corrected chi connectivity index (χ4v) is 5.89. The number of hydrogen-bond donors (Lipinski definition) is 0. The van der Waals surface area contributed by atoms with E-state index in [4.69, 9.17) is 4.74 Å². The van der Waals surface area contributed by atoms with Gasteiger partial charge in [0.05, 0.1) is 36.4 Å². The lowest BCUT2D eigenvalue weighted by molar-refractivity contribution is -0.137. The Morgan fingerprint density at radius 2 is 1.51 bits per heavy atom. The zero-order chi connectivity index (χ0) is 36.1. The summed E-state index contributed by atoms with van der Waals surface area (Å²) in [5, 5.41) is 0. The summed E-state index contributed by atoms with van der Waals surface area (Å²) in [5.41, 5.74) is -3.38. The van der Waals surface area contributed by atoms with Crippen LogP contribution in [0.2, 0.25) is 0 Å². The van der Waals surface area contributed by atoms with Crippen LogP contribution in [0.15, 0.2) is 84.0 Å². The van der Waals surface area contributed by atoms with Gasteiger partial charge in [0, 0.05) is 17.1 Å². The van der Waals surface area contributed by atoms with Gasteiger partial charge in [-0.3, -0.25) is 4.90 Å². The fourth-order valence-electron chi connectivity index (χ4n) is 5.89. The molecule has 2 aliphatic rings. The molecule has 0 spiro atoms. The van der Waals surface area contributed by atoms with E-state index in [1.165, 1.54) is 50.4 Å². The normalized spacial score (nSPS) is 20.1. The lowest BCUT2D eigenvalue weighted by atomic mass is 9.83. The molecule has 0 aromatic heterocycles. The van der Waals surface area contributed by atoms with Crippen LogP contribution in [-0.4, -0.2) is 48.6 Å². The van der Waals surface area contributed by atoms with Gasteiger partial charge in [-0.25, -0.2) is 14.0 Å². The van der Waals surface area contributed by atoms with E-state index in [0.717, 1.165) is 29.2 Å². The second-order valence-corrected chi connectivity index (χ2v) is 11.5. The highest BCUT2D eigenvalue weighted by molar-refractivity contribution is 5.90. The zero-order valence-corrected chi connectivity index (χ0v) is 25.4. The molecule has 1 aliphatic carbocycles. The second kappa shape index (κ2) is 12.9. The smallest absolute Gasteiger partial charge is 0.416 e.